The summed E-state index contributed by atoms with van der Waals surface area (Å²) in [7, 11) is 1.46. The Balaban J connectivity index is 1.98. The van der Waals surface area contributed by atoms with Crippen LogP contribution in [0.3, 0.4) is 0 Å². The first-order valence-corrected chi connectivity index (χ1v) is 10.2. The van der Waals surface area contributed by atoms with Gasteiger partial charge >= 0.3 is 17.6 Å². The van der Waals surface area contributed by atoms with Crippen molar-refractivity contribution in [3.63, 3.8) is 0 Å². The van der Waals surface area contributed by atoms with E-state index in [1.165, 1.54) is 19.2 Å². The molecule has 1 heterocycles. The van der Waals surface area contributed by atoms with Gasteiger partial charge in [-0.05, 0) is 54.1 Å². The fourth-order valence-corrected chi connectivity index (χ4v) is 4.24. The second-order valence-electron chi connectivity index (χ2n) is 6.83. The van der Waals surface area contributed by atoms with Gasteiger partial charge in [0.15, 0.2) is 0 Å². The molecule has 0 aliphatic carbocycles. The first kappa shape index (κ1) is 23.3. The number of hydrogen-bond acceptors (Lipinski definition) is 3. The molecule has 166 valence electrons. The number of benzene rings is 2. The average Bonchev–Trinajstić information content (AvgIpc) is 2.93. The Labute approximate surface area is 184 Å². The lowest BCUT2D eigenvalue weighted by atomic mass is 10.1. The zero-order chi connectivity index (χ0) is 22.9. The van der Waals surface area contributed by atoms with Gasteiger partial charge in [0.05, 0.1) is 24.1 Å². The second kappa shape index (κ2) is 9.00. The van der Waals surface area contributed by atoms with Crippen LogP contribution in [0.2, 0.25) is 5.02 Å². The molecule has 0 atom stereocenters. The van der Waals surface area contributed by atoms with E-state index in [2.05, 4.69) is 0 Å². The molecule has 0 bridgehead atoms. The third kappa shape index (κ3) is 4.93. The Morgan fingerprint density at radius 3 is 2.45 bits per heavy atom. The zero-order valence-electron chi connectivity index (χ0n) is 16.5. The number of aromatic nitrogens is 1. The molecule has 0 aliphatic rings. The standard InChI is InChI=1S/C21H18ClF4NO3S/c1-11-14(8-19(28)29)15-7-18(30-2)16(22)9-17(15)27(11)10-12-3-5-13(6-4-12)31-21(25,26)20(23)24/h3-7,9,20H,8,10H2,1-2H3,(H,28,29). The maximum atomic E-state index is 13.3. The SMILES string of the molecule is COc1cc2c(CC(=O)O)c(C)n(Cc3ccc(SC(F)(F)C(F)F)cc3)c2cc1Cl. The van der Waals surface area contributed by atoms with E-state index < -0.39 is 17.6 Å². The van der Waals surface area contributed by atoms with Crippen LogP contribution in [0.5, 0.6) is 5.75 Å². The van der Waals surface area contributed by atoms with E-state index in [1.54, 1.807) is 31.2 Å². The van der Waals surface area contributed by atoms with Crippen LogP contribution in [0.15, 0.2) is 41.3 Å². The van der Waals surface area contributed by atoms with Crippen LogP contribution in [0.25, 0.3) is 10.9 Å². The van der Waals surface area contributed by atoms with Crippen molar-refractivity contribution >= 4 is 40.2 Å². The average molecular weight is 476 g/mol. The lowest BCUT2D eigenvalue weighted by Crippen LogP contribution is -2.21. The van der Waals surface area contributed by atoms with Gasteiger partial charge in [-0.1, -0.05) is 23.7 Å². The van der Waals surface area contributed by atoms with E-state index >= 15 is 0 Å². The topological polar surface area (TPSA) is 51.5 Å². The summed E-state index contributed by atoms with van der Waals surface area (Å²) in [6.45, 7) is 2.09. The Bertz CT molecular complexity index is 1120. The van der Waals surface area contributed by atoms with E-state index in [1.807, 2.05) is 4.57 Å². The lowest BCUT2D eigenvalue weighted by molar-refractivity contribution is -0.136. The van der Waals surface area contributed by atoms with Crippen LogP contribution in [-0.2, 0) is 17.8 Å². The molecule has 1 aromatic heterocycles. The molecule has 0 spiro atoms. The molecule has 2 aromatic carbocycles. The second-order valence-corrected chi connectivity index (χ2v) is 8.46. The summed E-state index contributed by atoms with van der Waals surface area (Å²) >= 11 is 6.07. The Morgan fingerprint density at radius 2 is 1.90 bits per heavy atom. The van der Waals surface area contributed by atoms with Crippen LogP contribution in [0.1, 0.15) is 16.8 Å². The number of carboxylic acids is 1. The highest BCUT2D eigenvalue weighted by molar-refractivity contribution is 8.00. The molecule has 31 heavy (non-hydrogen) atoms. The molecule has 0 saturated heterocycles. The van der Waals surface area contributed by atoms with Crippen molar-refractivity contribution in [2.75, 3.05) is 7.11 Å². The molecule has 10 heteroatoms. The number of hydrogen-bond donors (Lipinski definition) is 1. The van der Waals surface area contributed by atoms with Crippen LogP contribution >= 0.6 is 23.4 Å². The minimum atomic E-state index is -4.17. The number of fused-ring (bicyclic) bond motifs is 1. The Kier molecular flexibility index (Phi) is 6.76. The lowest BCUT2D eigenvalue weighted by Gasteiger charge is -2.15. The highest BCUT2D eigenvalue weighted by Gasteiger charge is 2.41. The summed E-state index contributed by atoms with van der Waals surface area (Å²) in [5.41, 5.74) is 2.74. The minimum absolute atomic E-state index is 0.0162. The number of aliphatic carboxylic acids is 1. The van der Waals surface area contributed by atoms with E-state index in [9.17, 15) is 27.5 Å². The molecule has 0 unspecified atom stereocenters. The highest BCUT2D eigenvalue weighted by atomic mass is 35.5. The van der Waals surface area contributed by atoms with Crippen LogP contribution in [-0.4, -0.2) is 34.4 Å². The van der Waals surface area contributed by atoms with Crippen molar-refractivity contribution in [3.8, 4) is 5.75 Å². The summed E-state index contributed by atoms with van der Waals surface area (Å²) in [5.74, 6) is -0.573. The van der Waals surface area contributed by atoms with E-state index in [0.717, 1.165) is 5.56 Å². The maximum absolute atomic E-state index is 13.3. The number of ether oxygens (including phenoxy) is 1. The van der Waals surface area contributed by atoms with Gasteiger partial charge in [0.1, 0.15) is 5.75 Å². The fourth-order valence-electron chi connectivity index (χ4n) is 3.33. The number of carboxylic acid groups (broad SMARTS) is 1. The first-order valence-electron chi connectivity index (χ1n) is 9.04. The number of halogens is 5. The summed E-state index contributed by atoms with van der Waals surface area (Å²) < 4.78 is 58.4. The van der Waals surface area contributed by atoms with Gasteiger partial charge in [-0.2, -0.15) is 8.78 Å². The fraction of sp³-hybridized carbons (Fsp3) is 0.286. The van der Waals surface area contributed by atoms with E-state index in [4.69, 9.17) is 16.3 Å². The molecule has 0 amide bonds. The number of thioether (sulfide) groups is 1. The predicted molar refractivity (Wildman–Crippen MR) is 112 cm³/mol. The van der Waals surface area contributed by atoms with E-state index in [-0.39, 0.29) is 23.1 Å². The number of alkyl halides is 4. The van der Waals surface area contributed by atoms with Gasteiger partial charge in [-0.3, -0.25) is 4.79 Å². The molecule has 0 saturated carbocycles. The molecule has 4 nitrogen and oxygen atoms in total. The monoisotopic (exact) mass is 475 g/mol. The molecule has 0 aliphatic heterocycles. The molecule has 3 rings (SSSR count). The van der Waals surface area contributed by atoms with Crippen molar-refractivity contribution in [3.05, 3.63) is 58.2 Å². The molecule has 1 N–H and O–H groups in total. The van der Waals surface area contributed by atoms with Crippen molar-refractivity contribution < 1.29 is 32.2 Å². The van der Waals surface area contributed by atoms with E-state index in [0.29, 0.717) is 39.5 Å². The van der Waals surface area contributed by atoms with Crippen LogP contribution in [0, 0.1) is 6.92 Å². The van der Waals surface area contributed by atoms with Crippen molar-refractivity contribution in [1.29, 1.82) is 0 Å². The number of carbonyl (C=O) groups is 1. The molecule has 0 radical (unpaired) electrons. The smallest absolute Gasteiger partial charge is 0.357 e. The number of methoxy groups -OCH3 is 1. The summed E-state index contributed by atoms with van der Waals surface area (Å²) in [6, 6.07) is 9.21. The zero-order valence-corrected chi connectivity index (χ0v) is 18.0. The van der Waals surface area contributed by atoms with Gasteiger partial charge in [0.25, 0.3) is 0 Å². The van der Waals surface area contributed by atoms with Crippen molar-refractivity contribution in [1.82, 2.24) is 4.57 Å². The van der Waals surface area contributed by atoms with Crippen molar-refractivity contribution in [2.45, 2.75) is 36.5 Å². The van der Waals surface area contributed by atoms with Gasteiger partial charge in [0.2, 0.25) is 0 Å². The Morgan fingerprint density at radius 1 is 1.26 bits per heavy atom. The minimum Gasteiger partial charge on any atom is -0.495 e. The summed E-state index contributed by atoms with van der Waals surface area (Å²) in [4.78, 5) is 11.4. The van der Waals surface area contributed by atoms with Crippen LogP contribution in [0.4, 0.5) is 17.6 Å². The largest absolute Gasteiger partial charge is 0.495 e. The van der Waals surface area contributed by atoms with Gasteiger partial charge in [-0.25, -0.2) is 8.78 Å². The summed E-state index contributed by atoms with van der Waals surface area (Å²) in [5, 5.41) is 6.18. The predicted octanol–water partition coefficient (Wildman–Crippen LogP) is 6.24. The molecule has 0 fully saturated rings. The third-order valence-electron chi connectivity index (χ3n) is 4.83. The first-order chi connectivity index (χ1) is 14.5. The number of nitrogens with zero attached hydrogens (tertiary/aromatic N) is 1. The normalized spacial score (nSPS) is 12.0. The maximum Gasteiger partial charge on any atom is 0.357 e. The summed E-state index contributed by atoms with van der Waals surface area (Å²) in [6.07, 6.45) is -3.96. The van der Waals surface area contributed by atoms with Gasteiger partial charge < -0.3 is 14.4 Å². The van der Waals surface area contributed by atoms with Crippen LogP contribution < -0.4 is 4.74 Å². The highest BCUT2D eigenvalue weighted by Crippen LogP contribution is 2.40. The molecular formula is C21H18ClF4NO3S. The quantitative estimate of drug-likeness (QED) is 0.309. The van der Waals surface area contributed by atoms with Crippen molar-refractivity contribution in [2.24, 2.45) is 0 Å². The van der Waals surface area contributed by atoms with Gasteiger partial charge in [-0.15, -0.1) is 0 Å². The van der Waals surface area contributed by atoms with Gasteiger partial charge in [0, 0.05) is 22.5 Å². The Hall–Kier alpha value is -2.39. The molecule has 3 aromatic rings. The number of rotatable bonds is 8. The third-order valence-corrected chi connectivity index (χ3v) is 6.08. The molecular weight excluding hydrogens is 458 g/mol.